The van der Waals surface area contributed by atoms with Gasteiger partial charge in [0.2, 0.25) is 0 Å². The second-order valence-corrected chi connectivity index (χ2v) is 9.35. The Bertz CT molecular complexity index is 1500. The number of benzene rings is 4. The molecule has 45 heavy (non-hydrogen) atoms. The Morgan fingerprint density at radius 2 is 1.27 bits per heavy atom. The summed E-state index contributed by atoms with van der Waals surface area (Å²) in [5.74, 6) is 1.58. The fraction of sp³-hybridized carbons (Fsp3) is 0.156. The molecule has 0 spiro atoms. The first-order valence-electron chi connectivity index (χ1n) is 12.8. The molecule has 0 unspecified atom stereocenters. The van der Waals surface area contributed by atoms with Gasteiger partial charge in [-0.3, -0.25) is 9.18 Å². The van der Waals surface area contributed by atoms with E-state index in [9.17, 15) is 4.39 Å². The first-order chi connectivity index (χ1) is 21.0. The molecule has 0 atom stereocenters. The van der Waals surface area contributed by atoms with Crippen LogP contribution < -0.4 is 113 Å². The van der Waals surface area contributed by atoms with E-state index in [1.165, 1.54) is 0 Å². The minimum atomic E-state index is -1.00. The third-order valence-electron chi connectivity index (χ3n) is 4.86. The van der Waals surface area contributed by atoms with Crippen molar-refractivity contribution in [2.24, 2.45) is 0 Å². The van der Waals surface area contributed by atoms with Crippen LogP contribution in [0.25, 0.3) is 0 Å². The van der Waals surface area contributed by atoms with Crippen molar-refractivity contribution in [3.05, 3.63) is 122 Å². The molecule has 0 heterocycles. The van der Waals surface area contributed by atoms with Crippen LogP contribution in [0, 0.1) is 36.5 Å². The van der Waals surface area contributed by atoms with Crippen LogP contribution in [0.3, 0.4) is 0 Å². The molecule has 0 radical (unpaired) electrons. The van der Waals surface area contributed by atoms with Crippen molar-refractivity contribution in [1.29, 1.82) is 10.5 Å². The van der Waals surface area contributed by atoms with Gasteiger partial charge in [-0.15, -0.1) is 0 Å². The van der Waals surface area contributed by atoms with Crippen LogP contribution in [0.4, 0.5) is 4.39 Å². The molecule has 4 rings (SSSR count). The van der Waals surface area contributed by atoms with Gasteiger partial charge < -0.3 is 21.4 Å². The van der Waals surface area contributed by atoms with Crippen LogP contribution in [0.5, 0.6) is 17.2 Å². The Kier molecular flexibility index (Phi) is 31.0. The van der Waals surface area contributed by atoms with Gasteiger partial charge in [-0.25, -0.2) is 0 Å². The van der Waals surface area contributed by atoms with E-state index in [1.54, 1.807) is 30.3 Å². The number of carbonyl (C=O) groups is 1. The summed E-state index contributed by atoms with van der Waals surface area (Å²) in [4.78, 5) is 11.2. The molecule has 0 amide bonds. The molecule has 0 aromatic heterocycles. The Balaban J connectivity index is -0.000000275. The molecule has 0 aliphatic rings. The number of nitrogens with zero attached hydrogens (tertiary/aromatic N) is 2. The number of phenolic OH excluding ortho intramolecular Hbond substituents is 1. The summed E-state index contributed by atoms with van der Waals surface area (Å²) < 4.78 is 21.2. The van der Waals surface area contributed by atoms with Crippen LogP contribution in [0.1, 0.15) is 25.1 Å². The average Bonchev–Trinajstić information content (AvgIpc) is 3.00. The number of aromatic hydroxyl groups is 1. The Hall–Kier alpha value is -1.04. The second-order valence-electron chi connectivity index (χ2n) is 8.13. The molecule has 0 fully saturated rings. The number of alkyl halides is 1. The zero-order valence-corrected chi connectivity index (χ0v) is 33.8. The van der Waals surface area contributed by atoms with Crippen molar-refractivity contribution in [1.82, 2.24) is 0 Å². The van der Waals surface area contributed by atoms with Crippen LogP contribution >= 0.6 is 34.8 Å². The van der Waals surface area contributed by atoms with Gasteiger partial charge in [0, 0.05) is 0 Å². The van der Waals surface area contributed by atoms with Gasteiger partial charge >= 0.3 is 103 Å². The summed E-state index contributed by atoms with van der Waals surface area (Å²) in [5.41, 5.74) is 4.13. The summed E-state index contributed by atoms with van der Waals surface area (Å²) in [6.07, 6.45) is 0.811. The smallest absolute Gasteiger partial charge is 1.00 e. The van der Waals surface area contributed by atoms with Gasteiger partial charge in [-0.05, 0) is 84.6 Å². The first-order valence-corrected chi connectivity index (χ1v) is 13.2. The molecule has 0 aliphatic carbocycles. The van der Waals surface area contributed by atoms with E-state index in [2.05, 4.69) is 11.0 Å². The van der Waals surface area contributed by atoms with Gasteiger partial charge in [0.15, 0.2) is 0 Å². The van der Waals surface area contributed by atoms with Gasteiger partial charge in [0.25, 0.3) is 6.47 Å². The van der Waals surface area contributed by atoms with E-state index < -0.39 is 7.15 Å². The van der Waals surface area contributed by atoms with Crippen molar-refractivity contribution in [2.75, 3.05) is 7.15 Å². The zero-order chi connectivity index (χ0) is 33.3. The minimum absolute atomic E-state index is 0. The molecule has 4 aromatic carbocycles. The number of aryl methyl sites for hydroxylation is 2. The van der Waals surface area contributed by atoms with Crippen molar-refractivity contribution in [3.8, 4) is 29.4 Å². The Morgan fingerprint density at radius 1 is 0.844 bits per heavy atom. The predicted octanol–water partition coefficient (Wildman–Crippen LogP) is 2.41. The standard InChI is InChI=1S/C15H12ClNO.C8H7NO.C7H6Cl2.CH3F.CH2O3.2K.H/c1-11-2-7-15(14(16)10-11)18-13-5-3-12(4-6-13)8-9-17;9-6-5-7-1-3-8(10)4-2-7;1-5-2-3-6(8)7(9)4-5;1-2;2-1-4-3;;;/h2-7,10H,8H2,1H3;1-4,10H,5H2;2-4H,1H3;1H3;1,3H;;;/q;;;;;2*+1;-1/p-1/i;;;1D;;;;. The van der Waals surface area contributed by atoms with Crippen molar-refractivity contribution in [3.63, 3.8) is 0 Å². The first kappa shape index (κ1) is 46.1. The van der Waals surface area contributed by atoms with Crippen molar-refractivity contribution >= 4 is 41.3 Å². The fourth-order valence-electron chi connectivity index (χ4n) is 2.89. The molecular weight excluding hydrogens is 696 g/mol. The topological polar surface area (TPSA) is 126 Å². The summed E-state index contributed by atoms with van der Waals surface area (Å²) >= 11 is 17.4. The van der Waals surface area contributed by atoms with Crippen LogP contribution in [-0.4, -0.2) is 18.7 Å². The summed E-state index contributed by atoms with van der Waals surface area (Å²) in [6, 6.07) is 29.4. The Labute approximate surface area is 366 Å². The predicted molar refractivity (Wildman–Crippen MR) is 166 cm³/mol. The normalized spacial score (nSPS) is 8.69. The van der Waals surface area contributed by atoms with Crippen LogP contribution in [-0.2, 0) is 22.5 Å². The zero-order valence-electron chi connectivity index (χ0n) is 27.3. The van der Waals surface area contributed by atoms with Gasteiger partial charge in [0.1, 0.15) is 17.2 Å². The molecule has 1 N–H and O–H groups in total. The molecule has 0 bridgehead atoms. The molecule has 0 aliphatic heterocycles. The number of phenols is 1. The number of hydrogen-bond donors (Lipinski definition) is 1. The summed E-state index contributed by atoms with van der Waals surface area (Å²) in [6.45, 7) is 3.77. The molecule has 0 saturated carbocycles. The monoisotopic (exact) mass is 725 g/mol. The maximum atomic E-state index is 9.96. The summed E-state index contributed by atoms with van der Waals surface area (Å²) in [5, 5.41) is 36.0. The number of hydrogen-bond acceptors (Lipinski definition) is 7. The third-order valence-corrected chi connectivity index (χ3v) is 5.89. The minimum Gasteiger partial charge on any atom is -1.00 e. The fourth-order valence-corrected chi connectivity index (χ4v) is 3.51. The summed E-state index contributed by atoms with van der Waals surface area (Å²) in [7, 11) is -1.00. The molecular formula is C32H30Cl3FK2N2O5. The number of halogens is 4. The van der Waals surface area contributed by atoms with Crippen molar-refractivity contribution in [2.45, 2.75) is 26.7 Å². The molecule has 7 nitrogen and oxygen atoms in total. The van der Waals surface area contributed by atoms with Gasteiger partial charge in [0.05, 0.1) is 48.6 Å². The van der Waals surface area contributed by atoms with E-state index in [1.807, 2.05) is 74.5 Å². The van der Waals surface area contributed by atoms with E-state index in [-0.39, 0.29) is 116 Å². The maximum absolute atomic E-state index is 9.96. The van der Waals surface area contributed by atoms with E-state index in [0.29, 0.717) is 39.4 Å². The average molecular weight is 727 g/mol. The maximum Gasteiger partial charge on any atom is 1.00 e. The van der Waals surface area contributed by atoms with Crippen LogP contribution in [0.2, 0.25) is 15.1 Å². The van der Waals surface area contributed by atoms with Gasteiger partial charge in [-0.2, -0.15) is 10.5 Å². The molecule has 0 saturated heterocycles. The SMILES string of the molecule is Cc1ccc(Cl)c(Cl)c1.Cc1ccc(Oc2ccc(CC#N)cc2)c(Cl)c1.N#CCc1ccc(O)cc1.O=CO[O-].[2H]CF.[H-].[K+].[K+]. The quantitative estimate of drug-likeness (QED) is 0.145. The molecule has 13 heteroatoms. The Morgan fingerprint density at radius 3 is 1.64 bits per heavy atom. The van der Waals surface area contributed by atoms with Crippen molar-refractivity contribution < 1.29 is 135 Å². The molecule has 4 aromatic rings. The second kappa shape index (κ2) is 30.3. The number of ether oxygens (including phenoxy) is 1. The number of carbonyl (C=O) groups excluding carboxylic acids is 1. The van der Waals surface area contributed by atoms with E-state index >= 15 is 0 Å². The van der Waals surface area contributed by atoms with Crippen LogP contribution in [0.15, 0.2) is 84.9 Å². The third kappa shape index (κ3) is 23.0. The largest absolute Gasteiger partial charge is 1.00 e. The number of rotatable bonds is 5. The van der Waals surface area contributed by atoms with E-state index in [4.69, 9.17) is 66.6 Å². The van der Waals surface area contributed by atoms with E-state index in [0.717, 1.165) is 22.3 Å². The van der Waals surface area contributed by atoms with Gasteiger partial charge in [-0.1, -0.05) is 71.2 Å². The number of nitriles is 2. The molecule has 228 valence electrons.